The van der Waals surface area contributed by atoms with Gasteiger partial charge in [-0.3, -0.25) is 4.79 Å². The van der Waals surface area contributed by atoms with Gasteiger partial charge in [-0.15, -0.1) is 0 Å². The van der Waals surface area contributed by atoms with Crippen LogP contribution in [0.1, 0.15) is 27.0 Å². The van der Waals surface area contributed by atoms with Crippen LogP contribution in [0.3, 0.4) is 0 Å². The van der Waals surface area contributed by atoms with Gasteiger partial charge in [-0.25, -0.2) is 4.39 Å². The van der Waals surface area contributed by atoms with Crippen LogP contribution < -0.4 is 18.9 Å². The van der Waals surface area contributed by atoms with E-state index in [-0.39, 0.29) is 24.0 Å². The van der Waals surface area contributed by atoms with Gasteiger partial charge in [-0.2, -0.15) is 0 Å². The zero-order chi connectivity index (χ0) is 22.0. The molecule has 4 rings (SSSR count). The molecule has 1 aliphatic heterocycles. The molecular formula is C25H21FO5. The van der Waals surface area contributed by atoms with E-state index in [1.165, 1.54) is 12.1 Å². The summed E-state index contributed by atoms with van der Waals surface area (Å²) < 4.78 is 35.7. The lowest BCUT2D eigenvalue weighted by molar-refractivity contribution is 0.101. The fourth-order valence-corrected chi connectivity index (χ4v) is 3.39. The van der Waals surface area contributed by atoms with Crippen molar-refractivity contribution in [3.8, 4) is 23.0 Å². The fraction of sp³-hybridized carbons (Fsp3) is 0.160. The lowest BCUT2D eigenvalue weighted by atomic mass is 10.1. The van der Waals surface area contributed by atoms with Crippen LogP contribution in [-0.2, 0) is 6.61 Å². The summed E-state index contributed by atoms with van der Waals surface area (Å²) in [5.41, 5.74) is 2.57. The molecule has 5 nitrogen and oxygen atoms in total. The van der Waals surface area contributed by atoms with Crippen molar-refractivity contribution in [2.75, 3.05) is 14.2 Å². The molecule has 0 spiro atoms. The Balaban J connectivity index is 1.59. The second kappa shape index (κ2) is 8.52. The Bertz CT molecular complexity index is 1180. The number of allylic oxidation sites excluding steroid dienone is 1. The predicted molar refractivity (Wildman–Crippen MR) is 114 cm³/mol. The first kappa shape index (κ1) is 20.5. The van der Waals surface area contributed by atoms with Gasteiger partial charge in [0.1, 0.15) is 35.4 Å². The summed E-state index contributed by atoms with van der Waals surface area (Å²) in [7, 11) is 3.12. The molecule has 158 valence electrons. The van der Waals surface area contributed by atoms with Crippen LogP contribution in [0, 0.1) is 12.7 Å². The molecule has 1 heterocycles. The van der Waals surface area contributed by atoms with E-state index >= 15 is 0 Å². The Hall–Kier alpha value is -3.80. The van der Waals surface area contributed by atoms with Crippen LogP contribution in [0.15, 0.2) is 60.4 Å². The number of methoxy groups -OCH3 is 2. The first-order chi connectivity index (χ1) is 15.0. The van der Waals surface area contributed by atoms with Crippen molar-refractivity contribution in [3.05, 3.63) is 88.4 Å². The summed E-state index contributed by atoms with van der Waals surface area (Å²) in [4.78, 5) is 12.9. The van der Waals surface area contributed by atoms with E-state index in [9.17, 15) is 9.18 Å². The number of fused-ring (bicyclic) bond motifs is 1. The molecule has 0 N–H and O–H groups in total. The molecule has 3 aromatic rings. The third-order valence-corrected chi connectivity index (χ3v) is 5.05. The number of halogens is 1. The van der Waals surface area contributed by atoms with Gasteiger partial charge in [0.25, 0.3) is 0 Å². The first-order valence-corrected chi connectivity index (χ1v) is 9.67. The maximum atomic E-state index is 13.4. The standard InChI is InChI=1S/C25H21FO5/c1-15-21(30-14-16-5-4-6-18(26)11-16)10-9-20-24(27)23(31-25(15)20)12-17-7-8-19(28-2)13-22(17)29-3/h4-13H,14H2,1-3H3/b23-12-. The third kappa shape index (κ3) is 4.10. The minimum atomic E-state index is -0.315. The summed E-state index contributed by atoms with van der Waals surface area (Å²) >= 11 is 0. The summed E-state index contributed by atoms with van der Waals surface area (Å²) in [5.74, 6) is 1.91. The van der Waals surface area contributed by atoms with E-state index in [1.54, 1.807) is 62.8 Å². The largest absolute Gasteiger partial charge is 0.497 e. The minimum Gasteiger partial charge on any atom is -0.497 e. The third-order valence-electron chi connectivity index (χ3n) is 5.05. The summed E-state index contributed by atoms with van der Waals surface area (Å²) in [5, 5.41) is 0. The van der Waals surface area contributed by atoms with Gasteiger partial charge >= 0.3 is 0 Å². The van der Waals surface area contributed by atoms with E-state index in [0.29, 0.717) is 45.3 Å². The molecule has 6 heteroatoms. The van der Waals surface area contributed by atoms with Crippen LogP contribution in [0.25, 0.3) is 6.08 Å². The topological polar surface area (TPSA) is 54.0 Å². The van der Waals surface area contributed by atoms with Crippen molar-refractivity contribution in [1.82, 2.24) is 0 Å². The molecule has 1 aliphatic rings. The van der Waals surface area contributed by atoms with E-state index in [1.807, 2.05) is 6.92 Å². The van der Waals surface area contributed by atoms with E-state index in [0.717, 1.165) is 0 Å². The van der Waals surface area contributed by atoms with Crippen molar-refractivity contribution in [2.24, 2.45) is 0 Å². The first-order valence-electron chi connectivity index (χ1n) is 9.67. The number of ketones is 1. The summed E-state index contributed by atoms with van der Waals surface area (Å²) in [6.07, 6.45) is 1.65. The van der Waals surface area contributed by atoms with E-state index in [4.69, 9.17) is 18.9 Å². The van der Waals surface area contributed by atoms with E-state index < -0.39 is 0 Å². The van der Waals surface area contributed by atoms with Crippen LogP contribution in [0.2, 0.25) is 0 Å². The van der Waals surface area contributed by atoms with Crippen molar-refractivity contribution in [2.45, 2.75) is 13.5 Å². The number of rotatable bonds is 6. The highest BCUT2D eigenvalue weighted by Gasteiger charge is 2.30. The SMILES string of the molecule is COc1ccc(/C=C2\Oc3c(ccc(OCc4cccc(F)c4)c3C)C2=O)c(OC)c1. The number of benzene rings is 3. The Morgan fingerprint density at radius 2 is 1.84 bits per heavy atom. The molecule has 0 bridgehead atoms. The van der Waals surface area contributed by atoms with E-state index in [2.05, 4.69) is 0 Å². The molecule has 0 saturated carbocycles. The number of carbonyl (C=O) groups excluding carboxylic acids is 1. The second-order valence-electron chi connectivity index (χ2n) is 7.03. The van der Waals surface area contributed by atoms with Gasteiger partial charge in [-0.1, -0.05) is 12.1 Å². The van der Waals surface area contributed by atoms with Gasteiger partial charge in [-0.05, 0) is 55.0 Å². The molecule has 0 fully saturated rings. The van der Waals surface area contributed by atoms with Crippen LogP contribution in [0.4, 0.5) is 4.39 Å². The molecule has 0 aromatic heterocycles. The normalized spacial score (nSPS) is 13.7. The molecule has 0 aliphatic carbocycles. The number of carbonyl (C=O) groups is 1. The molecule has 3 aromatic carbocycles. The number of hydrogen-bond donors (Lipinski definition) is 0. The van der Waals surface area contributed by atoms with Gasteiger partial charge < -0.3 is 18.9 Å². The molecule has 0 radical (unpaired) electrons. The fourth-order valence-electron chi connectivity index (χ4n) is 3.39. The Labute approximate surface area is 179 Å². The van der Waals surface area contributed by atoms with Gasteiger partial charge in [0.15, 0.2) is 5.76 Å². The highest BCUT2D eigenvalue weighted by molar-refractivity contribution is 6.15. The zero-order valence-electron chi connectivity index (χ0n) is 17.4. The monoisotopic (exact) mass is 420 g/mol. The van der Waals surface area contributed by atoms with Gasteiger partial charge in [0, 0.05) is 17.2 Å². The average molecular weight is 420 g/mol. The average Bonchev–Trinajstić information content (AvgIpc) is 3.10. The summed E-state index contributed by atoms with van der Waals surface area (Å²) in [6.45, 7) is 2.03. The number of ether oxygens (including phenoxy) is 4. The maximum absolute atomic E-state index is 13.4. The highest BCUT2D eigenvalue weighted by atomic mass is 19.1. The molecular weight excluding hydrogens is 399 g/mol. The molecule has 0 amide bonds. The number of Topliss-reactive ketones (excluding diaryl/α,β-unsaturated/α-hetero) is 1. The van der Waals surface area contributed by atoms with Crippen molar-refractivity contribution >= 4 is 11.9 Å². The number of hydrogen-bond acceptors (Lipinski definition) is 5. The lowest BCUT2D eigenvalue weighted by Crippen LogP contribution is -1.99. The maximum Gasteiger partial charge on any atom is 0.231 e. The smallest absolute Gasteiger partial charge is 0.231 e. The summed E-state index contributed by atoms with van der Waals surface area (Å²) in [6, 6.07) is 15.0. The molecule has 0 saturated heterocycles. The van der Waals surface area contributed by atoms with Crippen molar-refractivity contribution in [1.29, 1.82) is 0 Å². The second-order valence-corrected chi connectivity index (χ2v) is 7.03. The van der Waals surface area contributed by atoms with Gasteiger partial charge in [0.2, 0.25) is 5.78 Å². The minimum absolute atomic E-state index is 0.198. The zero-order valence-corrected chi connectivity index (χ0v) is 17.4. The Kier molecular flexibility index (Phi) is 5.62. The molecule has 0 atom stereocenters. The predicted octanol–water partition coefficient (Wildman–Crippen LogP) is 5.35. The molecule has 31 heavy (non-hydrogen) atoms. The van der Waals surface area contributed by atoms with Crippen LogP contribution >= 0.6 is 0 Å². The lowest BCUT2D eigenvalue weighted by Gasteiger charge is -2.11. The Morgan fingerprint density at radius 1 is 1.00 bits per heavy atom. The quantitative estimate of drug-likeness (QED) is 0.504. The van der Waals surface area contributed by atoms with Crippen molar-refractivity contribution in [3.63, 3.8) is 0 Å². The van der Waals surface area contributed by atoms with Crippen LogP contribution in [0.5, 0.6) is 23.0 Å². The highest BCUT2D eigenvalue weighted by Crippen LogP contribution is 2.40. The van der Waals surface area contributed by atoms with Gasteiger partial charge in [0.05, 0.1) is 19.8 Å². The van der Waals surface area contributed by atoms with Crippen LogP contribution in [-0.4, -0.2) is 20.0 Å². The van der Waals surface area contributed by atoms with Crippen molar-refractivity contribution < 1.29 is 28.1 Å². The molecule has 0 unspecified atom stereocenters. The Morgan fingerprint density at radius 3 is 2.58 bits per heavy atom.